The third-order valence-electron chi connectivity index (χ3n) is 2.43. The number of rotatable bonds is 3. The Kier molecular flexibility index (Phi) is 3.44. The Morgan fingerprint density at radius 2 is 2.31 bits per heavy atom. The molecular formula is C11H12FIN2O. The maximum absolute atomic E-state index is 13.1. The molecule has 1 aromatic carbocycles. The smallest absolute Gasteiger partial charge is 0.131 e. The van der Waals surface area contributed by atoms with Crippen molar-refractivity contribution in [3.8, 4) is 0 Å². The second-order valence-electron chi connectivity index (χ2n) is 3.81. The van der Waals surface area contributed by atoms with Gasteiger partial charge in [0.25, 0.3) is 0 Å². The molecule has 0 saturated heterocycles. The van der Waals surface area contributed by atoms with E-state index in [1.165, 1.54) is 12.1 Å². The summed E-state index contributed by atoms with van der Waals surface area (Å²) in [6, 6.07) is 4.65. The lowest BCUT2D eigenvalue weighted by Crippen LogP contribution is -2.08. The van der Waals surface area contributed by atoms with Gasteiger partial charge in [-0.15, -0.1) is 0 Å². The maximum Gasteiger partial charge on any atom is 0.131 e. The quantitative estimate of drug-likeness (QED) is 0.876. The molecule has 2 rings (SSSR count). The van der Waals surface area contributed by atoms with Crippen molar-refractivity contribution < 1.29 is 9.50 Å². The number of nitrogens with zero attached hydrogens (tertiary/aromatic N) is 2. The highest BCUT2D eigenvalue weighted by atomic mass is 127. The lowest BCUT2D eigenvalue weighted by atomic mass is 10.2. The minimum Gasteiger partial charge on any atom is -0.393 e. The predicted octanol–water partition coefficient (Wildman–Crippen LogP) is 2.55. The molecule has 0 aliphatic rings. The second-order valence-corrected chi connectivity index (χ2v) is 4.83. The van der Waals surface area contributed by atoms with Crippen LogP contribution in [0.5, 0.6) is 0 Å². The summed E-state index contributed by atoms with van der Waals surface area (Å²) in [7, 11) is 0. The van der Waals surface area contributed by atoms with E-state index in [1.807, 2.05) is 0 Å². The van der Waals surface area contributed by atoms with Crippen LogP contribution in [0.3, 0.4) is 0 Å². The van der Waals surface area contributed by atoms with Crippen LogP contribution in [-0.4, -0.2) is 21.0 Å². The largest absolute Gasteiger partial charge is 0.393 e. The van der Waals surface area contributed by atoms with Crippen LogP contribution in [0, 0.1) is 9.52 Å². The van der Waals surface area contributed by atoms with E-state index in [-0.39, 0.29) is 11.9 Å². The molecule has 0 aliphatic heterocycles. The lowest BCUT2D eigenvalue weighted by Gasteiger charge is -2.05. The van der Waals surface area contributed by atoms with Gasteiger partial charge < -0.3 is 5.11 Å². The van der Waals surface area contributed by atoms with E-state index in [0.717, 1.165) is 14.6 Å². The first-order chi connectivity index (χ1) is 7.58. The first kappa shape index (κ1) is 11.8. The normalized spacial score (nSPS) is 13.2. The molecule has 1 atom stereocenters. The van der Waals surface area contributed by atoms with Crippen LogP contribution < -0.4 is 0 Å². The van der Waals surface area contributed by atoms with Gasteiger partial charge in [0.1, 0.15) is 9.52 Å². The van der Waals surface area contributed by atoms with Crippen molar-refractivity contribution in [1.29, 1.82) is 0 Å². The molecule has 1 N–H and O–H groups in total. The third kappa shape index (κ3) is 2.35. The van der Waals surface area contributed by atoms with Crippen molar-refractivity contribution in [3.05, 3.63) is 27.7 Å². The Labute approximate surface area is 106 Å². The molecule has 2 aromatic rings. The summed E-state index contributed by atoms with van der Waals surface area (Å²) < 4.78 is 15.7. The van der Waals surface area contributed by atoms with Crippen LogP contribution in [0.2, 0.25) is 0 Å². The van der Waals surface area contributed by atoms with Gasteiger partial charge in [0.2, 0.25) is 0 Å². The Bertz CT molecular complexity index is 510. The summed E-state index contributed by atoms with van der Waals surface area (Å²) in [5.74, 6) is -0.262. The molecule has 0 radical (unpaired) electrons. The topological polar surface area (TPSA) is 38.0 Å². The van der Waals surface area contributed by atoms with Gasteiger partial charge in [-0.2, -0.15) is 5.10 Å². The SMILES string of the molecule is CC(O)CCn1nc(I)c2ccc(F)cc21. The second kappa shape index (κ2) is 4.67. The molecule has 5 heteroatoms. The zero-order valence-electron chi connectivity index (χ0n) is 8.82. The molecule has 1 unspecified atom stereocenters. The van der Waals surface area contributed by atoms with Crippen molar-refractivity contribution in [2.75, 3.05) is 0 Å². The van der Waals surface area contributed by atoms with Crippen LogP contribution in [-0.2, 0) is 6.54 Å². The number of aliphatic hydroxyl groups is 1. The lowest BCUT2D eigenvalue weighted by molar-refractivity contribution is 0.177. The number of aliphatic hydroxyl groups excluding tert-OH is 1. The first-order valence-corrected chi connectivity index (χ1v) is 6.15. The highest BCUT2D eigenvalue weighted by Crippen LogP contribution is 2.21. The summed E-state index contributed by atoms with van der Waals surface area (Å²) in [5, 5.41) is 14.5. The van der Waals surface area contributed by atoms with Gasteiger partial charge in [0, 0.05) is 11.9 Å². The van der Waals surface area contributed by atoms with Crippen molar-refractivity contribution in [2.45, 2.75) is 26.0 Å². The van der Waals surface area contributed by atoms with E-state index in [0.29, 0.717) is 13.0 Å². The summed E-state index contributed by atoms with van der Waals surface area (Å²) in [6.07, 6.45) is 0.245. The summed E-state index contributed by atoms with van der Waals surface area (Å²) in [6.45, 7) is 2.33. The number of aromatic nitrogens is 2. The Hall–Kier alpha value is -0.690. The van der Waals surface area contributed by atoms with Crippen LogP contribution in [0.1, 0.15) is 13.3 Å². The minimum absolute atomic E-state index is 0.262. The fourth-order valence-corrected chi connectivity index (χ4v) is 2.30. The monoisotopic (exact) mass is 334 g/mol. The van der Waals surface area contributed by atoms with Gasteiger partial charge in [-0.1, -0.05) is 0 Å². The van der Waals surface area contributed by atoms with Gasteiger partial charge >= 0.3 is 0 Å². The van der Waals surface area contributed by atoms with E-state index >= 15 is 0 Å². The van der Waals surface area contributed by atoms with E-state index in [2.05, 4.69) is 27.7 Å². The molecule has 0 saturated carbocycles. The molecule has 1 aromatic heterocycles. The number of hydrogen-bond acceptors (Lipinski definition) is 2. The van der Waals surface area contributed by atoms with Gasteiger partial charge in [0.15, 0.2) is 0 Å². The Morgan fingerprint density at radius 1 is 1.56 bits per heavy atom. The fourth-order valence-electron chi connectivity index (χ4n) is 1.59. The first-order valence-electron chi connectivity index (χ1n) is 5.07. The molecule has 0 spiro atoms. The van der Waals surface area contributed by atoms with E-state index in [4.69, 9.17) is 0 Å². The summed E-state index contributed by atoms with van der Waals surface area (Å²) in [5.41, 5.74) is 0.782. The molecule has 0 amide bonds. The Morgan fingerprint density at radius 3 is 3.00 bits per heavy atom. The number of halogens is 2. The molecular weight excluding hydrogens is 322 g/mol. The number of fused-ring (bicyclic) bond motifs is 1. The highest BCUT2D eigenvalue weighted by Gasteiger charge is 2.09. The van der Waals surface area contributed by atoms with E-state index in [9.17, 15) is 9.50 Å². The van der Waals surface area contributed by atoms with E-state index < -0.39 is 0 Å². The summed E-state index contributed by atoms with van der Waals surface area (Å²) >= 11 is 2.13. The molecule has 16 heavy (non-hydrogen) atoms. The zero-order valence-corrected chi connectivity index (χ0v) is 11.0. The molecule has 0 aliphatic carbocycles. The number of benzene rings is 1. The Balaban J connectivity index is 2.41. The van der Waals surface area contributed by atoms with Crippen LogP contribution in [0.25, 0.3) is 10.9 Å². The maximum atomic E-state index is 13.1. The minimum atomic E-state index is -0.370. The van der Waals surface area contributed by atoms with Gasteiger partial charge in [0.05, 0.1) is 11.6 Å². The van der Waals surface area contributed by atoms with Crippen LogP contribution in [0.15, 0.2) is 18.2 Å². The highest BCUT2D eigenvalue weighted by molar-refractivity contribution is 14.1. The van der Waals surface area contributed by atoms with Crippen molar-refractivity contribution >= 4 is 33.5 Å². The van der Waals surface area contributed by atoms with Crippen molar-refractivity contribution in [2.24, 2.45) is 0 Å². The third-order valence-corrected chi connectivity index (χ3v) is 3.22. The van der Waals surface area contributed by atoms with Gasteiger partial charge in [-0.25, -0.2) is 4.39 Å². The molecule has 3 nitrogen and oxygen atoms in total. The average molecular weight is 334 g/mol. The van der Waals surface area contributed by atoms with Crippen molar-refractivity contribution in [1.82, 2.24) is 9.78 Å². The van der Waals surface area contributed by atoms with Crippen LogP contribution in [0.4, 0.5) is 4.39 Å². The standard InChI is InChI=1S/C11H12FIN2O/c1-7(16)4-5-15-10-6-8(12)2-3-9(10)11(13)14-15/h2-3,6-7,16H,4-5H2,1H3. The van der Waals surface area contributed by atoms with Gasteiger partial charge in [-0.05, 0) is 54.1 Å². The number of aryl methyl sites for hydroxylation is 1. The molecule has 0 fully saturated rings. The molecule has 0 bridgehead atoms. The molecule has 86 valence electrons. The zero-order chi connectivity index (χ0) is 11.7. The summed E-state index contributed by atoms with van der Waals surface area (Å²) in [4.78, 5) is 0. The average Bonchev–Trinajstić information content (AvgIpc) is 2.52. The van der Waals surface area contributed by atoms with Crippen molar-refractivity contribution in [3.63, 3.8) is 0 Å². The van der Waals surface area contributed by atoms with E-state index in [1.54, 1.807) is 17.7 Å². The predicted molar refractivity (Wildman–Crippen MR) is 68.7 cm³/mol. The number of hydrogen-bond donors (Lipinski definition) is 1. The van der Waals surface area contributed by atoms with Gasteiger partial charge in [-0.3, -0.25) is 4.68 Å². The molecule has 1 heterocycles. The fraction of sp³-hybridized carbons (Fsp3) is 0.364. The van der Waals surface area contributed by atoms with Crippen LogP contribution >= 0.6 is 22.6 Å².